The Morgan fingerprint density at radius 1 is 0.970 bits per heavy atom. The number of hydrogen-bond acceptors (Lipinski definition) is 4. The van der Waals surface area contributed by atoms with E-state index >= 15 is 0 Å². The van der Waals surface area contributed by atoms with Crippen LogP contribution in [0.5, 0.6) is 0 Å². The van der Waals surface area contributed by atoms with Crippen LogP contribution < -0.4 is 5.32 Å². The van der Waals surface area contributed by atoms with Gasteiger partial charge in [-0.05, 0) is 38.0 Å². The van der Waals surface area contributed by atoms with Gasteiger partial charge in [-0.2, -0.15) is 0 Å². The fourth-order valence-electron chi connectivity index (χ4n) is 3.76. The number of thioether (sulfide) groups is 1. The van der Waals surface area contributed by atoms with Crippen molar-refractivity contribution in [2.24, 2.45) is 0 Å². The van der Waals surface area contributed by atoms with Crippen molar-refractivity contribution < 1.29 is 4.79 Å². The Kier molecular flexibility index (Phi) is 10.0. The number of unbranched alkanes of at least 4 members (excludes halogenated alkanes) is 5. The number of rotatable bonds is 13. The fourth-order valence-corrected chi connectivity index (χ4v) is 4.67. The molecule has 1 atom stereocenters. The van der Waals surface area contributed by atoms with E-state index in [1.807, 2.05) is 25.1 Å². The molecule has 3 aromatic rings. The van der Waals surface area contributed by atoms with E-state index in [1.165, 1.54) is 36.8 Å². The first-order valence-electron chi connectivity index (χ1n) is 12.1. The zero-order valence-corrected chi connectivity index (χ0v) is 20.9. The van der Waals surface area contributed by atoms with E-state index < -0.39 is 0 Å². The molecule has 0 spiro atoms. The predicted molar refractivity (Wildman–Crippen MR) is 137 cm³/mol. The SMILES string of the molecule is CCCCCCCCC(=O)NC(C)c1nnc(SCc2ccccc2)n1-c1ccc(C)cc1. The molecule has 1 amide bonds. The molecule has 0 aliphatic rings. The molecule has 0 radical (unpaired) electrons. The minimum absolute atomic E-state index is 0.0786. The molecule has 1 aromatic heterocycles. The molecule has 1 heterocycles. The Bertz CT molecular complexity index is 985. The maximum atomic E-state index is 12.6. The minimum atomic E-state index is -0.225. The highest BCUT2D eigenvalue weighted by Gasteiger charge is 2.21. The quantitative estimate of drug-likeness (QED) is 0.223. The van der Waals surface area contributed by atoms with Crippen LogP contribution in [0.4, 0.5) is 0 Å². The standard InChI is InChI=1S/C27H36N4OS/c1-4-5-6-7-8-12-15-25(32)28-22(3)26-29-30-27(33-20-23-13-10-9-11-14-23)31(26)24-18-16-21(2)17-19-24/h9-11,13-14,16-19,22H,4-8,12,15,20H2,1-3H3,(H,28,32). The lowest BCUT2D eigenvalue weighted by atomic mass is 10.1. The summed E-state index contributed by atoms with van der Waals surface area (Å²) >= 11 is 1.66. The van der Waals surface area contributed by atoms with Crippen molar-refractivity contribution in [1.82, 2.24) is 20.1 Å². The van der Waals surface area contributed by atoms with E-state index in [0.29, 0.717) is 6.42 Å². The first-order chi connectivity index (χ1) is 16.1. The normalized spacial score (nSPS) is 12.0. The molecule has 33 heavy (non-hydrogen) atoms. The van der Waals surface area contributed by atoms with Gasteiger partial charge in [0.05, 0.1) is 6.04 Å². The van der Waals surface area contributed by atoms with Gasteiger partial charge in [0.2, 0.25) is 5.91 Å². The van der Waals surface area contributed by atoms with Gasteiger partial charge in [-0.25, -0.2) is 0 Å². The van der Waals surface area contributed by atoms with Gasteiger partial charge in [-0.3, -0.25) is 9.36 Å². The second kappa shape index (κ2) is 13.2. The number of nitrogens with zero attached hydrogens (tertiary/aromatic N) is 3. The largest absolute Gasteiger partial charge is 0.346 e. The number of benzene rings is 2. The molecule has 0 saturated carbocycles. The summed E-state index contributed by atoms with van der Waals surface area (Å²) in [6.45, 7) is 6.28. The lowest BCUT2D eigenvalue weighted by Gasteiger charge is -2.16. The third kappa shape index (κ3) is 7.74. The van der Waals surface area contributed by atoms with Crippen molar-refractivity contribution in [2.75, 3.05) is 0 Å². The smallest absolute Gasteiger partial charge is 0.220 e. The molecule has 0 bridgehead atoms. The monoisotopic (exact) mass is 464 g/mol. The van der Waals surface area contributed by atoms with Crippen LogP contribution >= 0.6 is 11.8 Å². The van der Waals surface area contributed by atoms with Gasteiger partial charge in [-0.1, -0.05) is 98.8 Å². The summed E-state index contributed by atoms with van der Waals surface area (Å²) < 4.78 is 2.07. The van der Waals surface area contributed by atoms with E-state index in [4.69, 9.17) is 0 Å². The second-order valence-corrected chi connectivity index (χ2v) is 9.54. The third-order valence-corrected chi connectivity index (χ3v) is 6.68. The van der Waals surface area contributed by atoms with Crippen molar-refractivity contribution >= 4 is 17.7 Å². The molecule has 6 heteroatoms. The molecule has 0 saturated heterocycles. The summed E-state index contributed by atoms with van der Waals surface area (Å²) in [5.74, 6) is 1.64. The Labute approximate surface area is 202 Å². The van der Waals surface area contributed by atoms with Gasteiger partial charge in [0.15, 0.2) is 11.0 Å². The molecule has 2 aromatic carbocycles. The van der Waals surface area contributed by atoms with Crippen LogP contribution in [-0.2, 0) is 10.5 Å². The summed E-state index contributed by atoms with van der Waals surface area (Å²) in [6, 6.07) is 18.5. The third-order valence-electron chi connectivity index (χ3n) is 5.68. The maximum Gasteiger partial charge on any atom is 0.220 e. The molecule has 3 rings (SSSR count). The number of nitrogens with one attached hydrogen (secondary N) is 1. The highest BCUT2D eigenvalue weighted by molar-refractivity contribution is 7.98. The molecular formula is C27H36N4OS. The van der Waals surface area contributed by atoms with E-state index in [9.17, 15) is 4.79 Å². The van der Waals surface area contributed by atoms with Gasteiger partial charge < -0.3 is 5.32 Å². The van der Waals surface area contributed by atoms with Crippen LogP contribution in [-0.4, -0.2) is 20.7 Å². The highest BCUT2D eigenvalue weighted by Crippen LogP contribution is 2.27. The predicted octanol–water partition coefficient (Wildman–Crippen LogP) is 6.80. The molecule has 0 aliphatic heterocycles. The van der Waals surface area contributed by atoms with Gasteiger partial charge in [0.1, 0.15) is 0 Å². The van der Waals surface area contributed by atoms with Crippen molar-refractivity contribution in [1.29, 1.82) is 0 Å². The summed E-state index contributed by atoms with van der Waals surface area (Å²) in [5.41, 5.74) is 3.45. The average Bonchev–Trinajstić information content (AvgIpc) is 3.25. The van der Waals surface area contributed by atoms with Gasteiger partial charge in [0.25, 0.3) is 0 Å². The summed E-state index contributed by atoms with van der Waals surface area (Å²) in [6.07, 6.45) is 7.60. The highest BCUT2D eigenvalue weighted by atomic mass is 32.2. The van der Waals surface area contributed by atoms with E-state index in [-0.39, 0.29) is 11.9 Å². The molecule has 0 fully saturated rings. The van der Waals surface area contributed by atoms with Gasteiger partial charge in [0, 0.05) is 17.9 Å². The zero-order chi connectivity index (χ0) is 23.5. The lowest BCUT2D eigenvalue weighted by Crippen LogP contribution is -2.28. The summed E-state index contributed by atoms with van der Waals surface area (Å²) in [7, 11) is 0. The van der Waals surface area contributed by atoms with Crippen LogP contribution in [0.2, 0.25) is 0 Å². The van der Waals surface area contributed by atoms with Crippen LogP contribution in [0.3, 0.4) is 0 Å². The number of aromatic nitrogens is 3. The van der Waals surface area contributed by atoms with Crippen LogP contribution in [0, 0.1) is 6.92 Å². The van der Waals surface area contributed by atoms with E-state index in [1.54, 1.807) is 11.8 Å². The van der Waals surface area contributed by atoms with Crippen molar-refractivity contribution in [2.45, 2.75) is 82.7 Å². The number of hydrogen-bond donors (Lipinski definition) is 1. The van der Waals surface area contributed by atoms with Crippen molar-refractivity contribution in [3.63, 3.8) is 0 Å². The Balaban J connectivity index is 1.69. The van der Waals surface area contributed by atoms with Crippen LogP contribution in [0.15, 0.2) is 59.8 Å². The van der Waals surface area contributed by atoms with E-state index in [2.05, 4.69) is 70.3 Å². The fraction of sp³-hybridized carbons (Fsp3) is 0.444. The summed E-state index contributed by atoms with van der Waals surface area (Å²) in [4.78, 5) is 12.6. The number of carbonyl (C=O) groups excluding carboxylic acids is 1. The molecule has 176 valence electrons. The first-order valence-corrected chi connectivity index (χ1v) is 13.1. The first kappa shape index (κ1) is 25.0. The number of aryl methyl sites for hydroxylation is 1. The summed E-state index contributed by atoms with van der Waals surface area (Å²) in [5, 5.41) is 12.9. The average molecular weight is 465 g/mol. The van der Waals surface area contributed by atoms with Gasteiger partial charge in [-0.15, -0.1) is 10.2 Å². The Morgan fingerprint density at radius 2 is 1.67 bits per heavy atom. The van der Waals surface area contributed by atoms with Gasteiger partial charge >= 0.3 is 0 Å². The molecule has 1 N–H and O–H groups in total. The molecule has 1 unspecified atom stereocenters. The van der Waals surface area contributed by atoms with Crippen LogP contribution in [0.25, 0.3) is 5.69 Å². The number of carbonyl (C=O) groups is 1. The molecule has 5 nitrogen and oxygen atoms in total. The topological polar surface area (TPSA) is 59.8 Å². The zero-order valence-electron chi connectivity index (χ0n) is 20.1. The second-order valence-electron chi connectivity index (χ2n) is 8.59. The van der Waals surface area contributed by atoms with Crippen molar-refractivity contribution in [3.05, 3.63) is 71.5 Å². The minimum Gasteiger partial charge on any atom is -0.346 e. The lowest BCUT2D eigenvalue weighted by molar-refractivity contribution is -0.121. The molecular weight excluding hydrogens is 428 g/mol. The maximum absolute atomic E-state index is 12.6. The van der Waals surface area contributed by atoms with Crippen LogP contribution in [0.1, 0.15) is 81.8 Å². The Hall–Kier alpha value is -2.60. The molecule has 0 aliphatic carbocycles. The van der Waals surface area contributed by atoms with E-state index in [0.717, 1.165) is 35.3 Å². The number of amides is 1. The Morgan fingerprint density at radius 3 is 2.39 bits per heavy atom. The van der Waals surface area contributed by atoms with Crippen molar-refractivity contribution in [3.8, 4) is 5.69 Å².